The summed E-state index contributed by atoms with van der Waals surface area (Å²) >= 11 is 12.1. The predicted molar refractivity (Wildman–Crippen MR) is 103 cm³/mol. The molecule has 0 atom stereocenters. The molecule has 0 fully saturated rings. The largest absolute Gasteiger partial charge is 0.383 e. The summed E-state index contributed by atoms with van der Waals surface area (Å²) in [6.45, 7) is 0.663. The van der Waals surface area contributed by atoms with Crippen LogP contribution >= 0.6 is 23.2 Å². The number of methoxy groups -OCH3 is 1. The van der Waals surface area contributed by atoms with Gasteiger partial charge in [0.1, 0.15) is 0 Å². The summed E-state index contributed by atoms with van der Waals surface area (Å²) in [5.74, 6) is -0.818. The van der Waals surface area contributed by atoms with Crippen LogP contribution in [0.4, 0.5) is 5.69 Å². The number of sulfonamides is 1. The highest BCUT2D eigenvalue weighted by Gasteiger charge is 2.19. The van der Waals surface area contributed by atoms with Gasteiger partial charge in [-0.3, -0.25) is 9.52 Å². The van der Waals surface area contributed by atoms with Gasteiger partial charge in [-0.1, -0.05) is 41.4 Å². The van der Waals surface area contributed by atoms with E-state index < -0.39 is 21.7 Å². The first-order chi connectivity index (χ1) is 12.3. The van der Waals surface area contributed by atoms with E-state index in [2.05, 4.69) is 10.0 Å². The van der Waals surface area contributed by atoms with E-state index in [1.807, 2.05) is 0 Å². The van der Waals surface area contributed by atoms with Crippen LogP contribution in [0.5, 0.6) is 0 Å². The number of halogens is 2. The third-order valence-electron chi connectivity index (χ3n) is 3.42. The molecule has 26 heavy (non-hydrogen) atoms. The Kier molecular flexibility index (Phi) is 7.28. The maximum absolute atomic E-state index is 12.5. The van der Waals surface area contributed by atoms with Crippen molar-refractivity contribution in [3.05, 3.63) is 63.6 Å². The summed E-state index contributed by atoms with van der Waals surface area (Å²) in [6, 6.07) is 11.1. The first kappa shape index (κ1) is 20.5. The van der Waals surface area contributed by atoms with Crippen LogP contribution < -0.4 is 10.0 Å². The molecule has 6 nitrogen and oxygen atoms in total. The van der Waals surface area contributed by atoms with E-state index in [-0.39, 0.29) is 21.3 Å². The molecule has 0 saturated heterocycles. The van der Waals surface area contributed by atoms with Crippen LogP contribution in [-0.4, -0.2) is 34.6 Å². The Balaban J connectivity index is 2.21. The molecule has 0 aromatic heterocycles. The van der Waals surface area contributed by atoms with Crippen LogP contribution in [0.2, 0.25) is 10.0 Å². The Hall–Kier alpha value is -1.80. The molecule has 140 valence electrons. The number of rotatable bonds is 8. The molecule has 0 unspecified atom stereocenters. The zero-order valence-electron chi connectivity index (χ0n) is 14.0. The van der Waals surface area contributed by atoms with Crippen molar-refractivity contribution in [1.29, 1.82) is 0 Å². The lowest BCUT2D eigenvalue weighted by atomic mass is 10.2. The Labute approximate surface area is 162 Å². The Morgan fingerprint density at radius 3 is 2.38 bits per heavy atom. The van der Waals surface area contributed by atoms with Gasteiger partial charge in [0.05, 0.1) is 23.6 Å². The summed E-state index contributed by atoms with van der Waals surface area (Å²) in [7, 11) is -2.32. The highest BCUT2D eigenvalue weighted by atomic mass is 35.5. The van der Waals surface area contributed by atoms with Crippen molar-refractivity contribution in [3.63, 3.8) is 0 Å². The Morgan fingerprint density at radius 2 is 1.73 bits per heavy atom. The average molecular weight is 417 g/mol. The molecule has 0 heterocycles. The van der Waals surface area contributed by atoms with Crippen molar-refractivity contribution < 1.29 is 17.9 Å². The maximum Gasteiger partial charge on any atom is 0.253 e. The van der Waals surface area contributed by atoms with Crippen LogP contribution in [0, 0.1) is 0 Å². The number of para-hydroxylation sites is 1. The summed E-state index contributed by atoms with van der Waals surface area (Å²) in [6.07, 6.45) is 0. The van der Waals surface area contributed by atoms with Gasteiger partial charge >= 0.3 is 0 Å². The standard InChI is InChI=1S/C17H18Cl2N2O4S/c1-25-10-9-20-17(22)12-5-2-3-8-16(12)21-26(23,24)11-13-14(18)6-4-7-15(13)19/h2-8,21H,9-11H2,1H3,(H,20,22). The summed E-state index contributed by atoms with van der Waals surface area (Å²) in [4.78, 5) is 12.2. The van der Waals surface area contributed by atoms with Gasteiger partial charge in [-0.2, -0.15) is 0 Å². The van der Waals surface area contributed by atoms with Gasteiger partial charge < -0.3 is 10.1 Å². The number of hydrogen-bond donors (Lipinski definition) is 2. The number of hydrogen-bond acceptors (Lipinski definition) is 4. The minimum absolute atomic E-state index is 0.172. The van der Waals surface area contributed by atoms with Gasteiger partial charge in [-0.05, 0) is 24.3 Å². The molecule has 0 spiro atoms. The number of carbonyl (C=O) groups is 1. The number of amides is 1. The molecule has 0 aliphatic carbocycles. The Bertz CT molecular complexity index is 868. The molecule has 2 rings (SSSR count). The number of carbonyl (C=O) groups excluding carboxylic acids is 1. The van der Waals surface area contributed by atoms with Crippen LogP contribution in [0.25, 0.3) is 0 Å². The van der Waals surface area contributed by atoms with Crippen LogP contribution in [0.15, 0.2) is 42.5 Å². The predicted octanol–water partition coefficient (Wildman–Crippen LogP) is 3.31. The SMILES string of the molecule is COCCNC(=O)c1ccccc1NS(=O)(=O)Cc1c(Cl)cccc1Cl. The minimum atomic E-state index is -3.84. The van der Waals surface area contributed by atoms with E-state index in [0.29, 0.717) is 18.7 Å². The zero-order valence-corrected chi connectivity index (χ0v) is 16.3. The van der Waals surface area contributed by atoms with Gasteiger partial charge in [0.25, 0.3) is 5.91 Å². The van der Waals surface area contributed by atoms with Crippen LogP contribution in [0.3, 0.4) is 0 Å². The molecular weight excluding hydrogens is 399 g/mol. The van der Waals surface area contributed by atoms with E-state index in [1.54, 1.807) is 30.3 Å². The number of nitrogens with one attached hydrogen (secondary N) is 2. The van der Waals surface area contributed by atoms with Crippen molar-refractivity contribution in [2.75, 3.05) is 25.0 Å². The highest BCUT2D eigenvalue weighted by molar-refractivity contribution is 7.91. The topological polar surface area (TPSA) is 84.5 Å². The lowest BCUT2D eigenvalue weighted by molar-refractivity contribution is 0.0938. The van der Waals surface area contributed by atoms with E-state index >= 15 is 0 Å². The minimum Gasteiger partial charge on any atom is -0.383 e. The fraction of sp³-hybridized carbons (Fsp3) is 0.235. The lowest BCUT2D eigenvalue weighted by Crippen LogP contribution is -2.28. The molecule has 0 bridgehead atoms. The van der Waals surface area contributed by atoms with Crippen molar-refractivity contribution in [3.8, 4) is 0 Å². The Morgan fingerprint density at radius 1 is 1.08 bits per heavy atom. The normalized spacial score (nSPS) is 11.2. The van der Waals surface area contributed by atoms with Crippen molar-refractivity contribution in [2.24, 2.45) is 0 Å². The summed E-state index contributed by atoms with van der Waals surface area (Å²) in [5, 5.41) is 3.17. The van der Waals surface area contributed by atoms with Gasteiger partial charge in [-0.15, -0.1) is 0 Å². The molecular formula is C17H18Cl2N2O4S. The van der Waals surface area contributed by atoms with Crippen LogP contribution in [-0.2, 0) is 20.5 Å². The van der Waals surface area contributed by atoms with Gasteiger partial charge in [0, 0.05) is 29.3 Å². The fourth-order valence-corrected chi connectivity index (χ4v) is 4.16. The number of ether oxygens (including phenoxy) is 1. The summed E-state index contributed by atoms with van der Waals surface area (Å²) < 4.78 is 32.4. The molecule has 2 N–H and O–H groups in total. The van der Waals surface area contributed by atoms with Gasteiger partial charge in [0.15, 0.2) is 0 Å². The van der Waals surface area contributed by atoms with Crippen molar-refractivity contribution in [1.82, 2.24) is 5.32 Å². The second-order valence-electron chi connectivity index (χ2n) is 5.36. The number of benzene rings is 2. The average Bonchev–Trinajstić information content (AvgIpc) is 2.58. The monoisotopic (exact) mass is 416 g/mol. The molecule has 0 aliphatic rings. The quantitative estimate of drug-likeness (QED) is 0.646. The van der Waals surface area contributed by atoms with E-state index in [0.717, 1.165) is 0 Å². The van der Waals surface area contributed by atoms with Crippen molar-refractivity contribution >= 4 is 44.8 Å². The first-order valence-electron chi connectivity index (χ1n) is 7.63. The van der Waals surface area contributed by atoms with Crippen LogP contribution in [0.1, 0.15) is 15.9 Å². The van der Waals surface area contributed by atoms with E-state index in [4.69, 9.17) is 27.9 Å². The third-order valence-corrected chi connectivity index (χ3v) is 5.33. The molecule has 0 radical (unpaired) electrons. The zero-order chi connectivity index (χ0) is 19.2. The summed E-state index contributed by atoms with van der Waals surface area (Å²) in [5.41, 5.74) is 0.674. The smallest absolute Gasteiger partial charge is 0.253 e. The first-order valence-corrected chi connectivity index (χ1v) is 10.0. The van der Waals surface area contributed by atoms with Gasteiger partial charge in [0.2, 0.25) is 10.0 Å². The second-order valence-corrected chi connectivity index (χ2v) is 7.89. The molecule has 1 amide bonds. The second kappa shape index (κ2) is 9.23. The maximum atomic E-state index is 12.5. The van der Waals surface area contributed by atoms with E-state index in [1.165, 1.54) is 19.2 Å². The molecule has 9 heteroatoms. The highest BCUT2D eigenvalue weighted by Crippen LogP contribution is 2.27. The molecule has 0 aliphatic heterocycles. The molecule has 2 aromatic carbocycles. The molecule has 2 aromatic rings. The van der Waals surface area contributed by atoms with E-state index in [9.17, 15) is 13.2 Å². The van der Waals surface area contributed by atoms with Gasteiger partial charge in [-0.25, -0.2) is 8.42 Å². The third kappa shape index (κ3) is 5.60. The molecule has 0 saturated carbocycles. The number of anilines is 1. The lowest BCUT2D eigenvalue weighted by Gasteiger charge is -2.14. The van der Waals surface area contributed by atoms with Crippen molar-refractivity contribution in [2.45, 2.75) is 5.75 Å². The fourth-order valence-electron chi connectivity index (χ4n) is 2.20.